The molecule has 0 saturated carbocycles. The van der Waals surface area contributed by atoms with Crippen LogP contribution in [0.3, 0.4) is 0 Å². The Morgan fingerprint density at radius 1 is 1.20 bits per heavy atom. The summed E-state index contributed by atoms with van der Waals surface area (Å²) in [6, 6.07) is 0.837. The molecular formula is C10H13ClF3N. The highest BCUT2D eigenvalue weighted by Crippen LogP contribution is 2.31. The van der Waals surface area contributed by atoms with Crippen molar-refractivity contribution in [2.75, 3.05) is 0 Å². The molecule has 1 aromatic rings. The zero-order chi connectivity index (χ0) is 12.2. The van der Waals surface area contributed by atoms with Crippen molar-refractivity contribution in [1.29, 1.82) is 0 Å². The van der Waals surface area contributed by atoms with Crippen LogP contribution in [0.4, 0.5) is 13.2 Å². The maximum Gasteiger partial charge on any atom is 0.433 e. The standard InChI is InChI=1S/C8H7ClF3N.C2H6/c1-4-5(2)13-7(3-6(4)9)8(10,11)12;1-2/h3H,1-2H3;1-2H3. The van der Waals surface area contributed by atoms with E-state index in [0.717, 1.165) is 6.07 Å². The number of alkyl halides is 3. The van der Waals surface area contributed by atoms with Crippen LogP contribution in [0.1, 0.15) is 30.8 Å². The second-order valence-electron chi connectivity index (χ2n) is 2.70. The molecule has 0 amide bonds. The van der Waals surface area contributed by atoms with E-state index >= 15 is 0 Å². The number of rotatable bonds is 0. The first-order valence-electron chi connectivity index (χ1n) is 4.53. The van der Waals surface area contributed by atoms with Gasteiger partial charge in [0.1, 0.15) is 5.69 Å². The van der Waals surface area contributed by atoms with Gasteiger partial charge in [0.15, 0.2) is 0 Å². The molecule has 15 heavy (non-hydrogen) atoms. The second kappa shape index (κ2) is 5.35. The molecule has 1 aromatic heterocycles. The van der Waals surface area contributed by atoms with Gasteiger partial charge in [0.05, 0.1) is 0 Å². The highest BCUT2D eigenvalue weighted by molar-refractivity contribution is 6.31. The molecule has 0 aliphatic heterocycles. The van der Waals surface area contributed by atoms with Crippen LogP contribution in [0.15, 0.2) is 6.07 Å². The molecule has 0 aliphatic rings. The summed E-state index contributed by atoms with van der Waals surface area (Å²) in [5.74, 6) is 0. The Kier molecular flexibility index (Phi) is 5.08. The van der Waals surface area contributed by atoms with Gasteiger partial charge in [0.2, 0.25) is 0 Å². The number of aromatic nitrogens is 1. The Balaban J connectivity index is 0.000000921. The Bertz CT molecular complexity index is 311. The lowest BCUT2D eigenvalue weighted by Gasteiger charge is -2.09. The molecule has 5 heteroatoms. The molecule has 86 valence electrons. The molecule has 0 unspecified atom stereocenters. The van der Waals surface area contributed by atoms with Crippen LogP contribution in [0.5, 0.6) is 0 Å². The van der Waals surface area contributed by atoms with Crippen LogP contribution in [0.2, 0.25) is 5.02 Å². The van der Waals surface area contributed by atoms with Crippen LogP contribution in [-0.2, 0) is 6.18 Å². The van der Waals surface area contributed by atoms with Gasteiger partial charge in [0, 0.05) is 10.7 Å². The van der Waals surface area contributed by atoms with Crippen molar-refractivity contribution in [1.82, 2.24) is 4.98 Å². The number of pyridine rings is 1. The minimum atomic E-state index is -4.43. The summed E-state index contributed by atoms with van der Waals surface area (Å²) >= 11 is 5.59. The van der Waals surface area contributed by atoms with Gasteiger partial charge in [0.25, 0.3) is 0 Å². The normalized spacial score (nSPS) is 10.7. The molecule has 0 bridgehead atoms. The van der Waals surface area contributed by atoms with Crippen LogP contribution in [0, 0.1) is 13.8 Å². The summed E-state index contributed by atoms with van der Waals surface area (Å²) in [4.78, 5) is 3.40. The minimum Gasteiger partial charge on any atom is -0.248 e. The van der Waals surface area contributed by atoms with Gasteiger partial charge >= 0.3 is 6.18 Å². The Hall–Kier alpha value is -0.770. The number of nitrogens with zero attached hydrogens (tertiary/aromatic N) is 1. The highest BCUT2D eigenvalue weighted by Gasteiger charge is 2.33. The second-order valence-corrected chi connectivity index (χ2v) is 3.10. The van der Waals surface area contributed by atoms with Crippen molar-refractivity contribution in [3.8, 4) is 0 Å². The van der Waals surface area contributed by atoms with E-state index in [0.29, 0.717) is 11.3 Å². The Labute approximate surface area is 92.3 Å². The van der Waals surface area contributed by atoms with Crippen molar-refractivity contribution >= 4 is 11.6 Å². The molecule has 0 N–H and O–H groups in total. The number of halogens is 4. The van der Waals surface area contributed by atoms with E-state index in [1.807, 2.05) is 13.8 Å². The van der Waals surface area contributed by atoms with Gasteiger partial charge in [-0.25, -0.2) is 4.98 Å². The van der Waals surface area contributed by atoms with Gasteiger partial charge < -0.3 is 0 Å². The first-order valence-corrected chi connectivity index (χ1v) is 4.91. The lowest BCUT2D eigenvalue weighted by molar-refractivity contribution is -0.141. The predicted octanol–water partition coefficient (Wildman–Crippen LogP) is 4.40. The van der Waals surface area contributed by atoms with E-state index in [-0.39, 0.29) is 5.02 Å². The largest absolute Gasteiger partial charge is 0.433 e. The summed E-state index contributed by atoms with van der Waals surface area (Å²) < 4.78 is 36.5. The molecule has 0 saturated heterocycles. The molecule has 1 nitrogen and oxygen atoms in total. The van der Waals surface area contributed by atoms with Crippen molar-refractivity contribution in [3.63, 3.8) is 0 Å². The van der Waals surface area contributed by atoms with Crippen molar-refractivity contribution < 1.29 is 13.2 Å². The average molecular weight is 240 g/mol. The van der Waals surface area contributed by atoms with Gasteiger partial charge in [-0.05, 0) is 25.5 Å². The molecule has 0 atom stereocenters. The van der Waals surface area contributed by atoms with Crippen molar-refractivity contribution in [3.05, 3.63) is 28.0 Å². The van der Waals surface area contributed by atoms with E-state index in [2.05, 4.69) is 4.98 Å². The van der Waals surface area contributed by atoms with E-state index in [1.54, 1.807) is 6.92 Å². The molecule has 0 fully saturated rings. The third kappa shape index (κ3) is 3.70. The monoisotopic (exact) mass is 239 g/mol. The van der Waals surface area contributed by atoms with Crippen LogP contribution >= 0.6 is 11.6 Å². The van der Waals surface area contributed by atoms with Gasteiger partial charge in [-0.15, -0.1) is 0 Å². The van der Waals surface area contributed by atoms with Crippen LogP contribution in [-0.4, -0.2) is 4.98 Å². The fraction of sp³-hybridized carbons (Fsp3) is 0.500. The maximum absolute atomic E-state index is 12.2. The first-order chi connectivity index (χ1) is 6.82. The SMILES string of the molecule is CC.Cc1nc(C(F)(F)F)cc(Cl)c1C. The molecule has 0 aliphatic carbocycles. The average Bonchev–Trinajstić information content (AvgIpc) is 2.15. The van der Waals surface area contributed by atoms with Gasteiger partial charge in [-0.1, -0.05) is 25.4 Å². The zero-order valence-corrected chi connectivity index (χ0v) is 9.79. The quantitative estimate of drug-likeness (QED) is 0.654. The fourth-order valence-corrected chi connectivity index (χ4v) is 1.08. The van der Waals surface area contributed by atoms with E-state index in [4.69, 9.17) is 11.6 Å². The molecule has 0 aromatic carbocycles. The summed E-state index contributed by atoms with van der Waals surface area (Å²) in [5.41, 5.74) is -0.0601. The molecule has 1 heterocycles. The Morgan fingerprint density at radius 2 is 1.67 bits per heavy atom. The Morgan fingerprint density at radius 3 is 2.00 bits per heavy atom. The number of hydrogen-bond acceptors (Lipinski definition) is 1. The topological polar surface area (TPSA) is 12.9 Å². The van der Waals surface area contributed by atoms with Crippen LogP contribution in [0.25, 0.3) is 0 Å². The molecule has 1 rings (SSSR count). The summed E-state index contributed by atoms with van der Waals surface area (Å²) in [7, 11) is 0. The zero-order valence-electron chi connectivity index (χ0n) is 9.04. The van der Waals surface area contributed by atoms with Gasteiger partial charge in [-0.3, -0.25) is 0 Å². The smallest absolute Gasteiger partial charge is 0.248 e. The fourth-order valence-electron chi connectivity index (χ4n) is 0.843. The third-order valence-corrected chi connectivity index (χ3v) is 2.14. The first kappa shape index (κ1) is 14.2. The molecule has 0 spiro atoms. The lowest BCUT2D eigenvalue weighted by Crippen LogP contribution is -2.09. The van der Waals surface area contributed by atoms with Crippen molar-refractivity contribution in [2.24, 2.45) is 0 Å². The molecule has 0 radical (unpaired) electrons. The number of aryl methyl sites for hydroxylation is 1. The van der Waals surface area contributed by atoms with E-state index < -0.39 is 11.9 Å². The third-order valence-electron chi connectivity index (χ3n) is 1.74. The molecular weight excluding hydrogens is 227 g/mol. The summed E-state index contributed by atoms with van der Waals surface area (Å²) in [6.07, 6.45) is -4.43. The van der Waals surface area contributed by atoms with E-state index in [1.165, 1.54) is 6.92 Å². The lowest BCUT2D eigenvalue weighted by atomic mass is 10.2. The minimum absolute atomic E-state index is 0.0971. The highest BCUT2D eigenvalue weighted by atomic mass is 35.5. The maximum atomic E-state index is 12.2. The number of hydrogen-bond donors (Lipinski definition) is 0. The summed E-state index contributed by atoms with van der Waals surface area (Å²) in [5, 5.41) is 0.0971. The van der Waals surface area contributed by atoms with E-state index in [9.17, 15) is 13.2 Å². The summed E-state index contributed by atoms with van der Waals surface area (Å²) in [6.45, 7) is 7.13. The predicted molar refractivity (Wildman–Crippen MR) is 55.1 cm³/mol. The van der Waals surface area contributed by atoms with Crippen LogP contribution < -0.4 is 0 Å². The van der Waals surface area contributed by atoms with Gasteiger partial charge in [-0.2, -0.15) is 13.2 Å². The van der Waals surface area contributed by atoms with Crippen molar-refractivity contribution in [2.45, 2.75) is 33.9 Å².